The van der Waals surface area contributed by atoms with Crippen LogP contribution in [0.3, 0.4) is 0 Å². The minimum absolute atomic E-state index is 0.00969. The van der Waals surface area contributed by atoms with Crippen LogP contribution in [0.25, 0.3) is 22.4 Å². The molecule has 0 aliphatic carbocycles. The third-order valence-corrected chi connectivity index (χ3v) is 7.73. The standard InChI is InChI=1S/C29H24F2N4O4S/c1-34-23(36)12-17-11-19(15-32-27(17)34)21-9-8-20(30)14-22(21)25-26(31)40-29(33-25)35(2)28(39)18(13-24(37)38)10-16-6-4-3-5-7-16/h3-9,11,14-15,18H,10,12-13H2,1-2H3,(H,37,38)/t18-/m1/s1. The number of hydrogen-bond acceptors (Lipinski definition) is 6. The molecule has 8 nitrogen and oxygen atoms in total. The van der Waals surface area contributed by atoms with Crippen molar-refractivity contribution in [1.82, 2.24) is 9.97 Å². The van der Waals surface area contributed by atoms with Gasteiger partial charge in [-0.25, -0.2) is 14.4 Å². The summed E-state index contributed by atoms with van der Waals surface area (Å²) in [5, 5.41) is 8.68. The smallest absolute Gasteiger partial charge is 0.304 e. The molecule has 2 aromatic carbocycles. The Morgan fingerprint density at radius 1 is 1.12 bits per heavy atom. The molecule has 0 saturated heterocycles. The zero-order chi connectivity index (χ0) is 28.6. The fourth-order valence-electron chi connectivity index (χ4n) is 4.77. The van der Waals surface area contributed by atoms with Crippen LogP contribution < -0.4 is 9.80 Å². The highest BCUT2D eigenvalue weighted by atomic mass is 32.1. The van der Waals surface area contributed by atoms with Gasteiger partial charge in [-0.05, 0) is 35.7 Å². The highest BCUT2D eigenvalue weighted by Gasteiger charge is 2.30. The van der Waals surface area contributed by atoms with E-state index in [0.29, 0.717) is 33.8 Å². The van der Waals surface area contributed by atoms with Gasteiger partial charge in [0.2, 0.25) is 16.9 Å². The van der Waals surface area contributed by atoms with Crippen molar-refractivity contribution in [2.45, 2.75) is 19.3 Å². The van der Waals surface area contributed by atoms with Crippen molar-refractivity contribution in [3.8, 4) is 22.4 Å². The van der Waals surface area contributed by atoms with E-state index in [1.54, 1.807) is 37.4 Å². The Labute approximate surface area is 232 Å². The van der Waals surface area contributed by atoms with E-state index in [-0.39, 0.29) is 35.1 Å². The van der Waals surface area contributed by atoms with E-state index in [0.717, 1.165) is 16.5 Å². The second-order valence-electron chi connectivity index (χ2n) is 9.53. The van der Waals surface area contributed by atoms with Crippen LogP contribution in [0.15, 0.2) is 60.8 Å². The van der Waals surface area contributed by atoms with Gasteiger partial charge in [0.05, 0.1) is 18.8 Å². The molecule has 4 aromatic rings. The highest BCUT2D eigenvalue weighted by Crippen LogP contribution is 2.39. The number of likely N-dealkylation sites (N-methyl/N-ethyl adjacent to an activating group) is 1. The lowest BCUT2D eigenvalue weighted by Gasteiger charge is -2.21. The van der Waals surface area contributed by atoms with Crippen LogP contribution in [0, 0.1) is 16.9 Å². The topological polar surface area (TPSA) is 104 Å². The molecule has 1 aliphatic heterocycles. The molecule has 0 fully saturated rings. The number of aliphatic carboxylic acids is 1. The van der Waals surface area contributed by atoms with Gasteiger partial charge in [-0.1, -0.05) is 47.7 Å². The van der Waals surface area contributed by atoms with Gasteiger partial charge in [-0.3, -0.25) is 24.2 Å². The van der Waals surface area contributed by atoms with E-state index < -0.39 is 35.2 Å². The Morgan fingerprint density at radius 3 is 2.60 bits per heavy atom. The summed E-state index contributed by atoms with van der Waals surface area (Å²) < 4.78 is 29.8. The quantitative estimate of drug-likeness (QED) is 0.326. The summed E-state index contributed by atoms with van der Waals surface area (Å²) in [4.78, 5) is 48.3. The van der Waals surface area contributed by atoms with E-state index in [4.69, 9.17) is 0 Å². The zero-order valence-corrected chi connectivity index (χ0v) is 22.4. The van der Waals surface area contributed by atoms with Crippen molar-refractivity contribution in [2.75, 3.05) is 23.9 Å². The average Bonchev–Trinajstić information content (AvgIpc) is 3.46. The molecule has 1 aliphatic rings. The molecule has 0 radical (unpaired) electrons. The summed E-state index contributed by atoms with van der Waals surface area (Å²) in [6.45, 7) is 0. The molecular formula is C29H24F2N4O4S. The number of fused-ring (bicyclic) bond motifs is 1. The second-order valence-corrected chi connectivity index (χ2v) is 10.5. The Balaban J connectivity index is 1.48. The van der Waals surface area contributed by atoms with Crippen LogP contribution in [0.2, 0.25) is 0 Å². The zero-order valence-electron chi connectivity index (χ0n) is 21.6. The Kier molecular flexibility index (Phi) is 7.40. The molecule has 40 heavy (non-hydrogen) atoms. The number of pyridine rings is 1. The monoisotopic (exact) mass is 562 g/mol. The van der Waals surface area contributed by atoms with Gasteiger partial charge in [-0.15, -0.1) is 0 Å². The van der Waals surface area contributed by atoms with E-state index in [9.17, 15) is 23.9 Å². The first kappa shape index (κ1) is 27.1. The summed E-state index contributed by atoms with van der Waals surface area (Å²) in [6.07, 6.45) is 1.49. The number of carbonyl (C=O) groups excluding carboxylic acids is 2. The predicted molar refractivity (Wildman–Crippen MR) is 147 cm³/mol. The first-order valence-corrected chi connectivity index (χ1v) is 13.2. The molecule has 1 atom stereocenters. The maximum absolute atomic E-state index is 15.4. The Bertz CT molecular complexity index is 1630. The first-order valence-electron chi connectivity index (χ1n) is 12.4. The number of benzene rings is 2. The number of halogens is 2. The fourth-order valence-corrected chi connectivity index (χ4v) is 5.55. The predicted octanol–water partition coefficient (Wildman–Crippen LogP) is 4.97. The fraction of sp³-hybridized carbons (Fsp3) is 0.207. The largest absolute Gasteiger partial charge is 0.481 e. The minimum Gasteiger partial charge on any atom is -0.481 e. The number of rotatable bonds is 8. The van der Waals surface area contributed by atoms with Gasteiger partial charge in [0, 0.05) is 37.0 Å². The van der Waals surface area contributed by atoms with Crippen LogP contribution in [-0.4, -0.2) is 47.0 Å². The molecule has 204 valence electrons. The lowest BCUT2D eigenvalue weighted by molar-refractivity contribution is -0.140. The summed E-state index contributed by atoms with van der Waals surface area (Å²) in [5.74, 6) is -2.73. The number of hydrogen-bond donors (Lipinski definition) is 1. The molecule has 2 aromatic heterocycles. The molecule has 1 N–H and O–H groups in total. The Morgan fingerprint density at radius 2 is 1.88 bits per heavy atom. The van der Waals surface area contributed by atoms with Crippen LogP contribution in [-0.2, 0) is 27.2 Å². The summed E-state index contributed by atoms with van der Waals surface area (Å²) in [7, 11) is 3.05. The van der Waals surface area contributed by atoms with Crippen molar-refractivity contribution in [3.05, 3.63) is 82.9 Å². The molecule has 11 heteroatoms. The number of carboxylic acid groups (broad SMARTS) is 1. The number of anilines is 2. The van der Waals surface area contributed by atoms with Crippen molar-refractivity contribution in [1.29, 1.82) is 0 Å². The Hall–Kier alpha value is -4.51. The number of amides is 2. The number of nitrogens with zero attached hydrogens (tertiary/aromatic N) is 4. The molecule has 2 amide bonds. The van der Waals surface area contributed by atoms with Gasteiger partial charge in [0.15, 0.2) is 5.13 Å². The third-order valence-electron chi connectivity index (χ3n) is 6.81. The molecule has 0 bridgehead atoms. The van der Waals surface area contributed by atoms with Crippen molar-refractivity contribution < 1.29 is 28.3 Å². The van der Waals surface area contributed by atoms with E-state index in [2.05, 4.69) is 9.97 Å². The SMILES string of the molecule is CN(C(=O)[C@@H](CC(=O)O)Cc1ccccc1)c1nc(-c2cc(F)ccc2-c2cnc3c(c2)CC(=O)N3C)c(F)s1. The average molecular weight is 563 g/mol. The number of carbonyl (C=O) groups is 3. The summed E-state index contributed by atoms with van der Waals surface area (Å²) in [6, 6.07) is 14.7. The summed E-state index contributed by atoms with van der Waals surface area (Å²) in [5.41, 5.74) is 2.51. The lowest BCUT2D eigenvalue weighted by Crippen LogP contribution is -2.35. The maximum Gasteiger partial charge on any atom is 0.304 e. The second kappa shape index (κ2) is 10.9. The number of aromatic nitrogens is 2. The molecule has 0 saturated carbocycles. The lowest BCUT2D eigenvalue weighted by atomic mass is 9.95. The molecule has 3 heterocycles. The molecule has 0 spiro atoms. The maximum atomic E-state index is 15.4. The van der Waals surface area contributed by atoms with Crippen molar-refractivity contribution in [2.24, 2.45) is 5.92 Å². The van der Waals surface area contributed by atoms with Gasteiger partial charge in [0.1, 0.15) is 17.3 Å². The summed E-state index contributed by atoms with van der Waals surface area (Å²) >= 11 is 0.609. The van der Waals surface area contributed by atoms with Crippen LogP contribution in [0.5, 0.6) is 0 Å². The van der Waals surface area contributed by atoms with E-state index >= 15 is 4.39 Å². The van der Waals surface area contributed by atoms with Gasteiger partial charge in [0.25, 0.3) is 0 Å². The number of thiazole rings is 1. The van der Waals surface area contributed by atoms with Gasteiger partial charge in [-0.2, -0.15) is 4.39 Å². The van der Waals surface area contributed by atoms with E-state index in [1.807, 2.05) is 6.07 Å². The molecular weight excluding hydrogens is 538 g/mol. The van der Waals surface area contributed by atoms with Crippen LogP contribution in [0.1, 0.15) is 17.5 Å². The van der Waals surface area contributed by atoms with Crippen LogP contribution in [0.4, 0.5) is 19.7 Å². The van der Waals surface area contributed by atoms with Crippen LogP contribution >= 0.6 is 11.3 Å². The minimum atomic E-state index is -1.13. The highest BCUT2D eigenvalue weighted by molar-refractivity contribution is 7.14. The number of carboxylic acids is 1. The van der Waals surface area contributed by atoms with Crippen molar-refractivity contribution >= 4 is 40.1 Å². The first-order chi connectivity index (χ1) is 19.1. The van der Waals surface area contributed by atoms with Gasteiger partial charge >= 0.3 is 5.97 Å². The molecule has 0 unspecified atom stereocenters. The van der Waals surface area contributed by atoms with E-state index in [1.165, 1.54) is 30.3 Å². The normalized spacial score (nSPS) is 13.3. The molecule has 5 rings (SSSR count). The third kappa shape index (κ3) is 5.32. The van der Waals surface area contributed by atoms with Crippen molar-refractivity contribution in [3.63, 3.8) is 0 Å². The van der Waals surface area contributed by atoms with Gasteiger partial charge < -0.3 is 5.11 Å².